The van der Waals surface area contributed by atoms with Gasteiger partial charge < -0.3 is 5.11 Å². The number of aryl methyl sites for hydroxylation is 1. The predicted octanol–water partition coefficient (Wildman–Crippen LogP) is 3.54. The van der Waals surface area contributed by atoms with Crippen LogP contribution in [-0.4, -0.2) is 11.2 Å². The summed E-state index contributed by atoms with van der Waals surface area (Å²) >= 11 is 3.43. The first-order valence-electron chi connectivity index (χ1n) is 5.68. The first-order valence-corrected chi connectivity index (χ1v) is 6.47. The highest BCUT2D eigenvalue weighted by molar-refractivity contribution is 9.10. The monoisotopic (exact) mass is 268 g/mol. The summed E-state index contributed by atoms with van der Waals surface area (Å²) in [6.45, 7) is 0. The third-order valence-corrected chi connectivity index (χ3v) is 3.86. The molecule has 2 heteroatoms. The van der Waals surface area contributed by atoms with Crippen LogP contribution >= 0.6 is 15.9 Å². The molecule has 0 amide bonds. The van der Waals surface area contributed by atoms with Crippen LogP contribution in [0.1, 0.15) is 31.2 Å². The third kappa shape index (κ3) is 3.05. The quantitative estimate of drug-likeness (QED) is 0.889. The fourth-order valence-electron chi connectivity index (χ4n) is 2.36. The Morgan fingerprint density at radius 1 is 1.20 bits per heavy atom. The zero-order valence-corrected chi connectivity index (χ0v) is 10.4. The van der Waals surface area contributed by atoms with Crippen molar-refractivity contribution in [3.63, 3.8) is 0 Å². The van der Waals surface area contributed by atoms with Gasteiger partial charge in [0.1, 0.15) is 0 Å². The first kappa shape index (κ1) is 11.2. The standard InChI is InChI=1S/C13H17BrO/c14-12-8-5-10(6-9-12)4-7-11-2-1-3-13(11)15/h5-6,8-9,11,13,15H,1-4,7H2. The van der Waals surface area contributed by atoms with Crippen LogP contribution in [0.4, 0.5) is 0 Å². The molecule has 0 bridgehead atoms. The third-order valence-electron chi connectivity index (χ3n) is 3.34. The number of rotatable bonds is 3. The van der Waals surface area contributed by atoms with E-state index in [9.17, 15) is 5.11 Å². The Balaban J connectivity index is 1.85. The van der Waals surface area contributed by atoms with Gasteiger partial charge in [-0.3, -0.25) is 0 Å². The minimum absolute atomic E-state index is 0.0413. The van der Waals surface area contributed by atoms with Gasteiger partial charge in [-0.15, -0.1) is 0 Å². The minimum atomic E-state index is -0.0413. The highest BCUT2D eigenvalue weighted by Crippen LogP contribution is 2.29. The summed E-state index contributed by atoms with van der Waals surface area (Å²) in [5, 5.41) is 9.70. The van der Waals surface area contributed by atoms with E-state index in [0.717, 1.165) is 23.7 Å². The van der Waals surface area contributed by atoms with Gasteiger partial charge in [0.15, 0.2) is 0 Å². The molecular weight excluding hydrogens is 252 g/mol. The fraction of sp³-hybridized carbons (Fsp3) is 0.538. The van der Waals surface area contributed by atoms with E-state index in [0.29, 0.717) is 5.92 Å². The lowest BCUT2D eigenvalue weighted by Gasteiger charge is -2.13. The molecule has 2 atom stereocenters. The largest absolute Gasteiger partial charge is 0.393 e. The van der Waals surface area contributed by atoms with Crippen LogP contribution in [0.15, 0.2) is 28.7 Å². The Kier molecular flexibility index (Phi) is 3.81. The van der Waals surface area contributed by atoms with Crippen molar-refractivity contribution in [3.05, 3.63) is 34.3 Å². The van der Waals surface area contributed by atoms with Gasteiger partial charge >= 0.3 is 0 Å². The van der Waals surface area contributed by atoms with Crippen molar-refractivity contribution in [2.45, 2.75) is 38.2 Å². The summed E-state index contributed by atoms with van der Waals surface area (Å²) < 4.78 is 1.13. The van der Waals surface area contributed by atoms with E-state index >= 15 is 0 Å². The maximum absolute atomic E-state index is 9.70. The van der Waals surface area contributed by atoms with Gasteiger partial charge in [-0.1, -0.05) is 34.5 Å². The van der Waals surface area contributed by atoms with Crippen molar-refractivity contribution >= 4 is 15.9 Å². The fourth-order valence-corrected chi connectivity index (χ4v) is 2.62. The van der Waals surface area contributed by atoms with E-state index in [1.54, 1.807) is 0 Å². The number of aliphatic hydroxyl groups is 1. The van der Waals surface area contributed by atoms with Crippen LogP contribution in [0.2, 0.25) is 0 Å². The molecule has 1 aliphatic carbocycles. The van der Waals surface area contributed by atoms with Crippen molar-refractivity contribution in [3.8, 4) is 0 Å². The van der Waals surface area contributed by atoms with Crippen LogP contribution in [0.3, 0.4) is 0 Å². The zero-order valence-electron chi connectivity index (χ0n) is 8.82. The van der Waals surface area contributed by atoms with Crippen LogP contribution < -0.4 is 0 Å². The maximum Gasteiger partial charge on any atom is 0.0568 e. The van der Waals surface area contributed by atoms with Crippen molar-refractivity contribution in [1.29, 1.82) is 0 Å². The van der Waals surface area contributed by atoms with Gasteiger partial charge in [-0.25, -0.2) is 0 Å². The highest BCUT2D eigenvalue weighted by atomic mass is 79.9. The molecule has 0 radical (unpaired) electrons. The van der Waals surface area contributed by atoms with Gasteiger partial charge in [0, 0.05) is 4.47 Å². The van der Waals surface area contributed by atoms with E-state index in [4.69, 9.17) is 0 Å². The second kappa shape index (κ2) is 5.13. The van der Waals surface area contributed by atoms with Gasteiger partial charge in [0.25, 0.3) is 0 Å². The molecule has 1 aromatic rings. The molecule has 0 aromatic heterocycles. The highest BCUT2D eigenvalue weighted by Gasteiger charge is 2.24. The lowest BCUT2D eigenvalue weighted by molar-refractivity contribution is 0.128. The summed E-state index contributed by atoms with van der Waals surface area (Å²) in [5.41, 5.74) is 1.37. The molecule has 1 aliphatic rings. The first-order chi connectivity index (χ1) is 7.25. The minimum Gasteiger partial charge on any atom is -0.393 e. The smallest absolute Gasteiger partial charge is 0.0568 e. The average Bonchev–Trinajstić information content (AvgIpc) is 2.63. The number of hydrogen-bond donors (Lipinski definition) is 1. The molecule has 1 saturated carbocycles. The van der Waals surface area contributed by atoms with Gasteiger partial charge in [-0.2, -0.15) is 0 Å². The van der Waals surface area contributed by atoms with Crippen molar-refractivity contribution < 1.29 is 5.11 Å². The number of aliphatic hydroxyl groups excluding tert-OH is 1. The molecule has 2 unspecified atom stereocenters. The van der Waals surface area contributed by atoms with E-state index in [-0.39, 0.29) is 6.10 Å². The maximum atomic E-state index is 9.70. The lowest BCUT2D eigenvalue weighted by Crippen LogP contribution is -2.13. The summed E-state index contributed by atoms with van der Waals surface area (Å²) in [4.78, 5) is 0. The van der Waals surface area contributed by atoms with Crippen molar-refractivity contribution in [2.75, 3.05) is 0 Å². The Morgan fingerprint density at radius 3 is 2.53 bits per heavy atom. The van der Waals surface area contributed by atoms with Crippen LogP contribution in [0, 0.1) is 5.92 Å². The second-order valence-corrected chi connectivity index (χ2v) is 5.34. The van der Waals surface area contributed by atoms with Crippen LogP contribution in [0.25, 0.3) is 0 Å². The molecule has 1 nitrogen and oxygen atoms in total. The lowest BCUT2D eigenvalue weighted by atomic mass is 9.97. The molecule has 0 heterocycles. The number of benzene rings is 1. The molecule has 2 rings (SSSR count). The predicted molar refractivity (Wildman–Crippen MR) is 65.8 cm³/mol. The summed E-state index contributed by atoms with van der Waals surface area (Å²) in [6.07, 6.45) is 5.59. The number of hydrogen-bond acceptors (Lipinski definition) is 1. The van der Waals surface area contributed by atoms with Gasteiger partial charge in [-0.05, 0) is 49.3 Å². The van der Waals surface area contributed by atoms with E-state index in [1.807, 2.05) is 0 Å². The van der Waals surface area contributed by atoms with E-state index in [1.165, 1.54) is 18.4 Å². The average molecular weight is 269 g/mol. The van der Waals surface area contributed by atoms with Crippen molar-refractivity contribution in [2.24, 2.45) is 5.92 Å². The molecule has 1 N–H and O–H groups in total. The molecule has 82 valence electrons. The Morgan fingerprint density at radius 2 is 1.93 bits per heavy atom. The summed E-state index contributed by atoms with van der Waals surface area (Å²) in [7, 11) is 0. The second-order valence-electron chi connectivity index (χ2n) is 4.42. The van der Waals surface area contributed by atoms with Crippen molar-refractivity contribution in [1.82, 2.24) is 0 Å². The normalized spacial score (nSPS) is 25.7. The molecule has 0 aliphatic heterocycles. The van der Waals surface area contributed by atoms with Crippen LogP contribution in [0.5, 0.6) is 0 Å². The molecule has 15 heavy (non-hydrogen) atoms. The SMILES string of the molecule is OC1CCCC1CCc1ccc(Br)cc1. The molecule has 1 fully saturated rings. The van der Waals surface area contributed by atoms with Gasteiger partial charge in [0.05, 0.1) is 6.10 Å². The Labute approximate surface area is 99.6 Å². The molecule has 0 spiro atoms. The van der Waals surface area contributed by atoms with Crippen LogP contribution in [-0.2, 0) is 6.42 Å². The van der Waals surface area contributed by atoms with Gasteiger partial charge in [0.2, 0.25) is 0 Å². The summed E-state index contributed by atoms with van der Waals surface area (Å²) in [6, 6.07) is 8.48. The number of halogens is 1. The molecule has 0 saturated heterocycles. The summed E-state index contributed by atoms with van der Waals surface area (Å²) in [5.74, 6) is 0.536. The van der Waals surface area contributed by atoms with E-state index < -0.39 is 0 Å². The Bertz CT molecular complexity index is 307. The topological polar surface area (TPSA) is 20.2 Å². The van der Waals surface area contributed by atoms with E-state index in [2.05, 4.69) is 40.2 Å². The molecular formula is C13H17BrO. The molecule has 1 aromatic carbocycles. The zero-order chi connectivity index (χ0) is 10.7. The Hall–Kier alpha value is -0.340.